The maximum absolute atomic E-state index is 12.7. The molecule has 2 aromatic heterocycles. The summed E-state index contributed by atoms with van der Waals surface area (Å²) in [5, 5.41) is 0.0736. The summed E-state index contributed by atoms with van der Waals surface area (Å²) < 4.78 is 12.3. The van der Waals surface area contributed by atoms with Crippen LogP contribution in [-0.2, 0) is 0 Å². The molecule has 2 N–H and O–H groups in total. The lowest BCUT2D eigenvalue weighted by Gasteiger charge is -2.36. The van der Waals surface area contributed by atoms with Crippen LogP contribution in [0, 0.1) is 6.92 Å². The van der Waals surface area contributed by atoms with Gasteiger partial charge in [0.25, 0.3) is 5.56 Å². The zero-order valence-electron chi connectivity index (χ0n) is 18.6. The smallest absolute Gasteiger partial charge is 0.325 e. The average molecular weight is 438 g/mol. The van der Waals surface area contributed by atoms with Crippen LogP contribution in [0.15, 0.2) is 38.4 Å². The van der Waals surface area contributed by atoms with Crippen molar-refractivity contribution in [3.05, 3.63) is 79.3 Å². The summed E-state index contributed by atoms with van der Waals surface area (Å²) in [4.78, 5) is 33.7. The number of H-pyrrole nitrogens is 2. The van der Waals surface area contributed by atoms with E-state index in [0.29, 0.717) is 22.9 Å². The van der Waals surface area contributed by atoms with Gasteiger partial charge in [-0.3, -0.25) is 9.78 Å². The SMILES string of the molecule is Cc1nc2c(o1)C=Cc1cc(O[Si](C)(C)C(C)(C)C)ccc1C2c1c[nH]c(=O)[nH]c1=O. The van der Waals surface area contributed by atoms with E-state index in [2.05, 4.69) is 48.8 Å². The molecule has 1 aliphatic rings. The number of nitrogens with zero attached hydrogens (tertiary/aromatic N) is 1. The summed E-state index contributed by atoms with van der Waals surface area (Å²) in [5.74, 6) is 1.42. The van der Waals surface area contributed by atoms with Crippen LogP contribution in [0.2, 0.25) is 18.1 Å². The molecule has 1 atom stereocenters. The predicted octanol–water partition coefficient (Wildman–Crippen LogP) is 4.41. The quantitative estimate of drug-likeness (QED) is 0.463. The first kappa shape index (κ1) is 21.1. The topological polar surface area (TPSA) is 101 Å². The lowest BCUT2D eigenvalue weighted by molar-refractivity contribution is 0.492. The highest BCUT2D eigenvalue weighted by Gasteiger charge is 2.39. The molecule has 4 rings (SSSR count). The highest BCUT2D eigenvalue weighted by molar-refractivity contribution is 6.74. The minimum Gasteiger partial charge on any atom is -0.543 e. The number of hydrogen-bond acceptors (Lipinski definition) is 5. The molecular formula is C23H27N3O4Si. The zero-order valence-corrected chi connectivity index (χ0v) is 19.6. The normalized spacial score (nSPS) is 15.9. The molecule has 1 aromatic carbocycles. The summed E-state index contributed by atoms with van der Waals surface area (Å²) in [6.07, 6.45) is 5.27. The van der Waals surface area contributed by atoms with Crippen LogP contribution < -0.4 is 15.7 Å². The fraction of sp³-hybridized carbons (Fsp3) is 0.348. The molecule has 7 nitrogen and oxygen atoms in total. The largest absolute Gasteiger partial charge is 0.543 e. The van der Waals surface area contributed by atoms with Gasteiger partial charge >= 0.3 is 5.69 Å². The first-order valence-electron chi connectivity index (χ1n) is 10.3. The minimum atomic E-state index is -2.01. The van der Waals surface area contributed by atoms with Crippen molar-refractivity contribution in [3.63, 3.8) is 0 Å². The van der Waals surface area contributed by atoms with E-state index in [1.807, 2.05) is 30.4 Å². The molecule has 2 heterocycles. The number of fused-ring (bicyclic) bond motifs is 2. The number of aromatic amines is 2. The van der Waals surface area contributed by atoms with Crippen LogP contribution in [0.1, 0.15) is 60.7 Å². The number of aromatic nitrogens is 3. The lowest BCUT2D eigenvalue weighted by Crippen LogP contribution is -2.43. The van der Waals surface area contributed by atoms with E-state index < -0.39 is 25.5 Å². The van der Waals surface area contributed by atoms with Crippen LogP contribution in [0.4, 0.5) is 0 Å². The lowest BCUT2D eigenvalue weighted by atomic mass is 9.87. The van der Waals surface area contributed by atoms with E-state index >= 15 is 0 Å². The second kappa shape index (κ2) is 7.23. The van der Waals surface area contributed by atoms with Gasteiger partial charge < -0.3 is 13.8 Å². The monoisotopic (exact) mass is 437 g/mol. The molecule has 0 fully saturated rings. The summed E-state index contributed by atoms with van der Waals surface area (Å²) >= 11 is 0. The van der Waals surface area contributed by atoms with Crippen LogP contribution in [-0.4, -0.2) is 23.3 Å². The molecule has 31 heavy (non-hydrogen) atoms. The minimum absolute atomic E-state index is 0.0736. The highest BCUT2D eigenvalue weighted by Crippen LogP contribution is 2.41. The summed E-state index contributed by atoms with van der Waals surface area (Å²) in [7, 11) is -2.01. The highest BCUT2D eigenvalue weighted by atomic mass is 28.4. The third kappa shape index (κ3) is 3.83. The maximum atomic E-state index is 12.7. The van der Waals surface area contributed by atoms with Crippen molar-refractivity contribution in [2.75, 3.05) is 0 Å². The molecule has 3 aromatic rings. The number of rotatable bonds is 3. The van der Waals surface area contributed by atoms with Crippen LogP contribution in [0.5, 0.6) is 5.75 Å². The van der Waals surface area contributed by atoms with Gasteiger partial charge in [-0.2, -0.15) is 0 Å². The number of aryl methyl sites for hydroxylation is 1. The van der Waals surface area contributed by atoms with Gasteiger partial charge in [-0.15, -0.1) is 0 Å². The van der Waals surface area contributed by atoms with Gasteiger partial charge in [-0.1, -0.05) is 32.9 Å². The predicted molar refractivity (Wildman–Crippen MR) is 123 cm³/mol. The van der Waals surface area contributed by atoms with Crippen LogP contribution in [0.25, 0.3) is 12.2 Å². The van der Waals surface area contributed by atoms with Crippen molar-refractivity contribution in [1.29, 1.82) is 0 Å². The number of oxazole rings is 1. The molecule has 0 spiro atoms. The van der Waals surface area contributed by atoms with Gasteiger partial charge in [0, 0.05) is 18.7 Å². The summed E-state index contributed by atoms with van der Waals surface area (Å²) in [6, 6.07) is 5.91. The van der Waals surface area contributed by atoms with E-state index in [1.54, 1.807) is 6.92 Å². The summed E-state index contributed by atoms with van der Waals surface area (Å²) in [5.41, 5.74) is 1.85. The van der Waals surface area contributed by atoms with Crippen molar-refractivity contribution < 1.29 is 8.84 Å². The van der Waals surface area contributed by atoms with Crippen molar-refractivity contribution in [2.45, 2.75) is 51.7 Å². The molecule has 0 saturated carbocycles. The number of benzene rings is 1. The van der Waals surface area contributed by atoms with Crippen molar-refractivity contribution in [3.8, 4) is 5.75 Å². The fourth-order valence-electron chi connectivity index (χ4n) is 3.52. The third-order valence-corrected chi connectivity index (χ3v) is 10.5. The Hall–Kier alpha value is -3.13. The van der Waals surface area contributed by atoms with Gasteiger partial charge in [-0.25, -0.2) is 9.78 Å². The van der Waals surface area contributed by atoms with Gasteiger partial charge in [0.2, 0.25) is 8.32 Å². The molecule has 1 aliphatic carbocycles. The van der Waals surface area contributed by atoms with Crippen molar-refractivity contribution in [2.24, 2.45) is 0 Å². The Balaban J connectivity index is 1.87. The molecule has 1 unspecified atom stereocenters. The van der Waals surface area contributed by atoms with E-state index in [0.717, 1.165) is 16.9 Å². The molecule has 162 valence electrons. The Kier molecular flexibility index (Phi) is 4.92. The Morgan fingerprint density at radius 2 is 1.87 bits per heavy atom. The molecule has 0 bridgehead atoms. The fourth-order valence-corrected chi connectivity index (χ4v) is 4.54. The molecule has 0 saturated heterocycles. The van der Waals surface area contributed by atoms with Crippen molar-refractivity contribution in [1.82, 2.24) is 15.0 Å². The number of nitrogens with one attached hydrogen (secondary N) is 2. The van der Waals surface area contributed by atoms with Gasteiger partial charge in [-0.05, 0) is 47.5 Å². The first-order valence-corrected chi connectivity index (χ1v) is 13.2. The molecule has 0 amide bonds. The Labute approximate surface area is 181 Å². The average Bonchev–Trinajstić information content (AvgIpc) is 2.95. The van der Waals surface area contributed by atoms with E-state index in [1.165, 1.54) is 6.20 Å². The summed E-state index contributed by atoms with van der Waals surface area (Å²) in [6.45, 7) is 12.8. The second-order valence-electron chi connectivity index (χ2n) is 9.43. The molecule has 0 radical (unpaired) electrons. The Morgan fingerprint density at radius 3 is 2.55 bits per heavy atom. The van der Waals surface area contributed by atoms with Gasteiger partial charge in [0.05, 0.1) is 11.6 Å². The van der Waals surface area contributed by atoms with Gasteiger partial charge in [0.1, 0.15) is 5.75 Å². The van der Waals surface area contributed by atoms with E-state index in [9.17, 15) is 9.59 Å². The number of hydrogen-bond donors (Lipinski definition) is 2. The van der Waals surface area contributed by atoms with Crippen molar-refractivity contribution >= 4 is 20.5 Å². The maximum Gasteiger partial charge on any atom is 0.325 e. The standard InChI is InChI=1S/C23H27N3O4Si/c1-13-25-20-18(29-13)10-7-14-11-15(30-31(5,6)23(2,3)4)8-9-16(14)19(20)17-12-24-22(28)26-21(17)27/h7-12,19H,1-6H3,(H2,24,26,27,28). The molecule has 0 aliphatic heterocycles. The second-order valence-corrected chi connectivity index (χ2v) is 14.2. The zero-order chi connectivity index (χ0) is 22.6. The molecular weight excluding hydrogens is 410 g/mol. The molecule has 8 heteroatoms. The third-order valence-electron chi connectivity index (χ3n) is 6.18. The van der Waals surface area contributed by atoms with Crippen LogP contribution >= 0.6 is 0 Å². The Bertz CT molecular complexity index is 1290. The van der Waals surface area contributed by atoms with Crippen LogP contribution in [0.3, 0.4) is 0 Å². The van der Waals surface area contributed by atoms with E-state index in [-0.39, 0.29) is 5.04 Å². The first-order chi connectivity index (χ1) is 14.5. The van der Waals surface area contributed by atoms with Gasteiger partial charge in [0.15, 0.2) is 11.7 Å². The Morgan fingerprint density at radius 1 is 1.13 bits per heavy atom. The van der Waals surface area contributed by atoms with E-state index in [4.69, 9.17) is 8.84 Å².